The van der Waals surface area contributed by atoms with Gasteiger partial charge in [0, 0.05) is 26.1 Å². The molecule has 0 aromatic heterocycles. The highest BCUT2D eigenvalue weighted by molar-refractivity contribution is 6.53. The van der Waals surface area contributed by atoms with Crippen LogP contribution in [0.5, 0.6) is 0 Å². The van der Waals surface area contributed by atoms with Crippen molar-refractivity contribution in [3.05, 3.63) is 0 Å². The number of piperidine rings is 1. The van der Waals surface area contributed by atoms with Crippen LogP contribution in [-0.2, 0) is 9.59 Å². The van der Waals surface area contributed by atoms with Crippen molar-refractivity contribution in [1.29, 1.82) is 0 Å². The van der Waals surface area contributed by atoms with E-state index in [1.54, 1.807) is 18.9 Å². The van der Waals surface area contributed by atoms with E-state index in [9.17, 15) is 9.59 Å². The summed E-state index contributed by atoms with van der Waals surface area (Å²) < 4.78 is -0.937. The molecule has 1 aliphatic heterocycles. The predicted octanol–water partition coefficient (Wildman–Crippen LogP) is 1.31. The Labute approximate surface area is 111 Å². The average Bonchev–Trinajstić information content (AvgIpc) is 2.74. The number of amides is 2. The molecule has 1 saturated heterocycles. The maximum absolute atomic E-state index is 12.0. The summed E-state index contributed by atoms with van der Waals surface area (Å²) in [6.07, 6.45) is 1.64. The van der Waals surface area contributed by atoms with Crippen molar-refractivity contribution in [3.8, 4) is 0 Å². The molecule has 1 heterocycles. The number of hydrogen-bond donors (Lipinski definition) is 1. The van der Waals surface area contributed by atoms with E-state index in [2.05, 4.69) is 5.32 Å². The van der Waals surface area contributed by atoms with Crippen LogP contribution in [0.4, 0.5) is 0 Å². The Hall–Kier alpha value is -0.480. The fraction of sp³-hybridized carbons (Fsp3) is 0.818. The van der Waals surface area contributed by atoms with E-state index >= 15 is 0 Å². The number of alkyl halides is 2. The van der Waals surface area contributed by atoms with E-state index in [1.165, 1.54) is 0 Å². The molecule has 0 spiro atoms. The predicted molar refractivity (Wildman–Crippen MR) is 66.0 cm³/mol. The van der Waals surface area contributed by atoms with Gasteiger partial charge in [0.05, 0.1) is 5.41 Å². The molecule has 0 radical (unpaired) electrons. The maximum atomic E-state index is 12.0. The summed E-state index contributed by atoms with van der Waals surface area (Å²) in [7, 11) is 1.74. The van der Waals surface area contributed by atoms with Gasteiger partial charge in [0.1, 0.15) is 4.33 Å². The van der Waals surface area contributed by atoms with E-state index in [0.717, 1.165) is 0 Å². The van der Waals surface area contributed by atoms with Crippen LogP contribution in [0.15, 0.2) is 0 Å². The van der Waals surface area contributed by atoms with Crippen LogP contribution in [0.3, 0.4) is 0 Å². The van der Waals surface area contributed by atoms with E-state index in [0.29, 0.717) is 25.8 Å². The molecule has 1 saturated carbocycles. The Morgan fingerprint density at radius 1 is 1.53 bits per heavy atom. The molecule has 2 aliphatic rings. The number of likely N-dealkylation sites (tertiary alicyclic amines) is 1. The van der Waals surface area contributed by atoms with Crippen molar-refractivity contribution < 1.29 is 9.59 Å². The number of nitrogens with zero attached hydrogens (tertiary/aromatic N) is 1. The molecule has 0 unspecified atom stereocenters. The minimum Gasteiger partial charge on any atom is -0.351 e. The standard InChI is InChI=1S/C11H16Cl2N2O2/c1-10(6-11(10,12)13)9(17)14-7-3-4-8(16)15(2)5-7/h7H,3-6H2,1-2H3,(H,14,17)/t7-,10+/m0/s1. The molecule has 2 atom stereocenters. The number of rotatable bonds is 2. The molecule has 2 rings (SSSR count). The van der Waals surface area contributed by atoms with Crippen LogP contribution >= 0.6 is 23.2 Å². The van der Waals surface area contributed by atoms with Crippen molar-refractivity contribution >= 4 is 35.0 Å². The molecule has 0 aromatic carbocycles. The van der Waals surface area contributed by atoms with Gasteiger partial charge in [0.25, 0.3) is 0 Å². The maximum Gasteiger partial charge on any atom is 0.229 e. The Morgan fingerprint density at radius 3 is 2.59 bits per heavy atom. The number of halogens is 2. The van der Waals surface area contributed by atoms with Crippen LogP contribution in [0.1, 0.15) is 26.2 Å². The minimum atomic E-state index is -0.937. The normalized spacial score (nSPS) is 35.6. The molecule has 4 nitrogen and oxygen atoms in total. The summed E-state index contributed by atoms with van der Waals surface area (Å²) in [5, 5.41) is 2.93. The number of hydrogen-bond acceptors (Lipinski definition) is 2. The monoisotopic (exact) mass is 278 g/mol. The molecular formula is C11H16Cl2N2O2. The van der Waals surface area contributed by atoms with Gasteiger partial charge in [0.15, 0.2) is 0 Å². The minimum absolute atomic E-state index is 0.00626. The fourth-order valence-electron chi connectivity index (χ4n) is 2.12. The quantitative estimate of drug-likeness (QED) is 0.775. The SMILES string of the molecule is CN1C[C@@H](NC(=O)[C@@]2(C)CC2(Cl)Cl)CCC1=O. The molecule has 0 aromatic rings. The molecule has 6 heteroatoms. The van der Waals surface area contributed by atoms with Crippen LogP contribution in [0.25, 0.3) is 0 Å². The number of likely N-dealkylation sites (N-methyl/N-ethyl adjacent to an activating group) is 1. The third kappa shape index (κ3) is 2.25. The van der Waals surface area contributed by atoms with Crippen molar-refractivity contribution in [1.82, 2.24) is 10.2 Å². The Kier molecular flexibility index (Phi) is 3.07. The second-order valence-electron chi connectivity index (χ2n) is 5.20. The van der Waals surface area contributed by atoms with Gasteiger partial charge in [0.2, 0.25) is 11.8 Å². The summed E-state index contributed by atoms with van der Waals surface area (Å²) in [5.41, 5.74) is -0.684. The second kappa shape index (κ2) is 4.02. The second-order valence-corrected chi connectivity index (χ2v) is 6.68. The van der Waals surface area contributed by atoms with Crippen LogP contribution in [0.2, 0.25) is 0 Å². The van der Waals surface area contributed by atoms with Crippen molar-refractivity contribution in [2.24, 2.45) is 5.41 Å². The van der Waals surface area contributed by atoms with Gasteiger partial charge in [-0.1, -0.05) is 0 Å². The lowest BCUT2D eigenvalue weighted by Gasteiger charge is -2.31. The zero-order valence-corrected chi connectivity index (χ0v) is 11.4. The summed E-state index contributed by atoms with van der Waals surface area (Å²) >= 11 is 11.9. The molecule has 1 N–H and O–H groups in total. The summed E-state index contributed by atoms with van der Waals surface area (Å²) in [6.45, 7) is 2.32. The zero-order chi connectivity index (χ0) is 12.8. The molecule has 0 bridgehead atoms. The van der Waals surface area contributed by atoms with E-state index in [1.807, 2.05) is 0 Å². The lowest BCUT2D eigenvalue weighted by Crippen LogP contribution is -2.50. The van der Waals surface area contributed by atoms with Crippen molar-refractivity contribution in [2.75, 3.05) is 13.6 Å². The number of nitrogens with one attached hydrogen (secondary N) is 1. The third-order valence-corrected chi connectivity index (χ3v) is 4.82. The molecule has 2 amide bonds. The topological polar surface area (TPSA) is 49.4 Å². The third-order valence-electron chi connectivity index (χ3n) is 3.72. The largest absolute Gasteiger partial charge is 0.351 e. The summed E-state index contributed by atoms with van der Waals surface area (Å²) in [5.74, 6) is 0.00687. The molecular weight excluding hydrogens is 263 g/mol. The first-order valence-electron chi connectivity index (χ1n) is 5.69. The molecule has 2 fully saturated rings. The summed E-state index contributed by atoms with van der Waals surface area (Å²) in [4.78, 5) is 25.0. The highest BCUT2D eigenvalue weighted by atomic mass is 35.5. The van der Waals surface area contributed by atoms with Crippen molar-refractivity contribution in [2.45, 2.75) is 36.6 Å². The molecule has 96 valence electrons. The van der Waals surface area contributed by atoms with E-state index in [-0.39, 0.29) is 17.9 Å². The number of carbonyl (C=O) groups is 2. The van der Waals surface area contributed by atoms with E-state index < -0.39 is 9.75 Å². The Bertz CT molecular complexity index is 372. The van der Waals surface area contributed by atoms with Gasteiger partial charge in [-0.25, -0.2) is 0 Å². The fourth-order valence-corrected chi connectivity index (χ4v) is 2.83. The Balaban J connectivity index is 1.91. The first-order chi connectivity index (χ1) is 7.76. The van der Waals surface area contributed by atoms with Gasteiger partial charge in [-0.3, -0.25) is 9.59 Å². The smallest absolute Gasteiger partial charge is 0.229 e. The van der Waals surface area contributed by atoms with Crippen LogP contribution in [-0.4, -0.2) is 40.7 Å². The number of carbonyl (C=O) groups excluding carboxylic acids is 2. The highest BCUT2D eigenvalue weighted by Crippen LogP contribution is 2.63. The van der Waals surface area contributed by atoms with Gasteiger partial charge in [-0.2, -0.15) is 0 Å². The van der Waals surface area contributed by atoms with Gasteiger partial charge >= 0.3 is 0 Å². The zero-order valence-electron chi connectivity index (χ0n) is 9.93. The van der Waals surface area contributed by atoms with E-state index in [4.69, 9.17) is 23.2 Å². The first-order valence-corrected chi connectivity index (χ1v) is 6.45. The van der Waals surface area contributed by atoms with Gasteiger partial charge in [-0.05, 0) is 19.8 Å². The lowest BCUT2D eigenvalue weighted by molar-refractivity contribution is -0.134. The van der Waals surface area contributed by atoms with Gasteiger partial charge < -0.3 is 10.2 Å². The van der Waals surface area contributed by atoms with Crippen LogP contribution < -0.4 is 5.32 Å². The summed E-state index contributed by atoms with van der Waals surface area (Å²) in [6, 6.07) is 0.00626. The average molecular weight is 279 g/mol. The van der Waals surface area contributed by atoms with Crippen LogP contribution in [0, 0.1) is 5.41 Å². The van der Waals surface area contributed by atoms with Crippen molar-refractivity contribution in [3.63, 3.8) is 0 Å². The first kappa shape index (κ1) is 13.0. The van der Waals surface area contributed by atoms with Gasteiger partial charge in [-0.15, -0.1) is 23.2 Å². The lowest BCUT2D eigenvalue weighted by atomic mass is 10.0. The molecule has 1 aliphatic carbocycles. The molecule has 17 heavy (non-hydrogen) atoms. The highest BCUT2D eigenvalue weighted by Gasteiger charge is 2.68. The Morgan fingerprint density at radius 2 is 2.12 bits per heavy atom.